The molecule has 0 aromatic rings. The monoisotopic (exact) mass is 216 g/mol. The molecule has 1 aliphatic carbocycles. The Balaban J connectivity index is 2.75. The standard InChI is InChI=1S/C11H20O2S/c1-8(2)14-11(10(12)13)6-4-5-9(3)7-11/h8-9H,4-7H2,1-3H3,(H,12,13). The van der Waals surface area contributed by atoms with Crippen LogP contribution >= 0.6 is 11.8 Å². The van der Waals surface area contributed by atoms with Gasteiger partial charge in [-0.15, -0.1) is 11.8 Å². The molecule has 1 saturated carbocycles. The van der Waals surface area contributed by atoms with Crippen molar-refractivity contribution in [3.05, 3.63) is 0 Å². The summed E-state index contributed by atoms with van der Waals surface area (Å²) in [5.74, 6) is -0.0474. The third kappa shape index (κ3) is 2.66. The highest BCUT2D eigenvalue weighted by Gasteiger charge is 2.42. The van der Waals surface area contributed by atoms with Gasteiger partial charge in [-0.3, -0.25) is 4.79 Å². The molecule has 14 heavy (non-hydrogen) atoms. The van der Waals surface area contributed by atoms with Crippen LogP contribution in [0.15, 0.2) is 0 Å². The number of hydrogen-bond donors (Lipinski definition) is 1. The van der Waals surface area contributed by atoms with Gasteiger partial charge in [0, 0.05) is 5.25 Å². The fraction of sp³-hybridized carbons (Fsp3) is 0.909. The molecule has 0 aromatic heterocycles. The van der Waals surface area contributed by atoms with E-state index in [1.54, 1.807) is 11.8 Å². The smallest absolute Gasteiger partial charge is 0.319 e. The van der Waals surface area contributed by atoms with Crippen molar-refractivity contribution in [1.29, 1.82) is 0 Å². The molecule has 1 aliphatic rings. The summed E-state index contributed by atoms with van der Waals surface area (Å²) in [5.41, 5.74) is 0. The molecule has 3 heteroatoms. The Hall–Kier alpha value is -0.180. The van der Waals surface area contributed by atoms with Gasteiger partial charge in [0.05, 0.1) is 0 Å². The fourth-order valence-corrected chi connectivity index (χ4v) is 3.95. The largest absolute Gasteiger partial charge is 0.480 e. The van der Waals surface area contributed by atoms with Gasteiger partial charge >= 0.3 is 5.97 Å². The van der Waals surface area contributed by atoms with Crippen molar-refractivity contribution in [3.8, 4) is 0 Å². The van der Waals surface area contributed by atoms with E-state index in [1.807, 2.05) is 0 Å². The molecule has 2 nitrogen and oxygen atoms in total. The molecular weight excluding hydrogens is 196 g/mol. The quantitative estimate of drug-likeness (QED) is 0.787. The first-order chi connectivity index (χ1) is 6.46. The van der Waals surface area contributed by atoms with Gasteiger partial charge in [0.15, 0.2) is 0 Å². The van der Waals surface area contributed by atoms with Gasteiger partial charge in [0.1, 0.15) is 4.75 Å². The Bertz CT molecular complexity index is 211. The summed E-state index contributed by atoms with van der Waals surface area (Å²) in [4.78, 5) is 11.3. The predicted octanol–water partition coefficient (Wildman–Crippen LogP) is 3.16. The number of carbonyl (C=O) groups is 1. The lowest BCUT2D eigenvalue weighted by Gasteiger charge is -2.37. The summed E-state index contributed by atoms with van der Waals surface area (Å²) in [6, 6.07) is 0. The average molecular weight is 216 g/mol. The van der Waals surface area contributed by atoms with Gasteiger partial charge in [0.2, 0.25) is 0 Å². The molecule has 0 spiro atoms. The predicted molar refractivity (Wildman–Crippen MR) is 60.7 cm³/mol. The minimum Gasteiger partial charge on any atom is -0.480 e. The number of thioether (sulfide) groups is 1. The lowest BCUT2D eigenvalue weighted by molar-refractivity contribution is -0.141. The Morgan fingerprint density at radius 1 is 1.57 bits per heavy atom. The first-order valence-corrected chi connectivity index (χ1v) is 6.25. The van der Waals surface area contributed by atoms with Crippen LogP contribution in [0.1, 0.15) is 46.5 Å². The topological polar surface area (TPSA) is 37.3 Å². The van der Waals surface area contributed by atoms with Crippen LogP contribution in [-0.4, -0.2) is 21.1 Å². The second kappa shape index (κ2) is 4.56. The zero-order valence-corrected chi connectivity index (χ0v) is 10.1. The molecule has 0 radical (unpaired) electrons. The Labute approximate surface area is 90.5 Å². The highest BCUT2D eigenvalue weighted by molar-refractivity contribution is 8.01. The molecule has 1 N–H and O–H groups in total. The minimum absolute atomic E-state index is 0.399. The van der Waals surface area contributed by atoms with Gasteiger partial charge < -0.3 is 5.11 Å². The van der Waals surface area contributed by atoms with E-state index in [2.05, 4.69) is 20.8 Å². The lowest BCUT2D eigenvalue weighted by atomic mass is 9.82. The van der Waals surface area contributed by atoms with Crippen molar-refractivity contribution < 1.29 is 9.90 Å². The van der Waals surface area contributed by atoms with Crippen molar-refractivity contribution in [2.45, 2.75) is 56.5 Å². The molecule has 2 unspecified atom stereocenters. The summed E-state index contributed by atoms with van der Waals surface area (Å²) >= 11 is 1.64. The highest BCUT2D eigenvalue weighted by Crippen LogP contribution is 2.44. The van der Waals surface area contributed by atoms with E-state index < -0.39 is 10.7 Å². The maximum Gasteiger partial charge on any atom is 0.319 e. The number of hydrogen-bond acceptors (Lipinski definition) is 2. The van der Waals surface area contributed by atoms with E-state index in [-0.39, 0.29) is 0 Å². The van der Waals surface area contributed by atoms with Gasteiger partial charge in [-0.25, -0.2) is 0 Å². The molecule has 82 valence electrons. The lowest BCUT2D eigenvalue weighted by Crippen LogP contribution is -2.40. The van der Waals surface area contributed by atoms with Crippen LogP contribution in [0.5, 0.6) is 0 Å². The molecule has 1 fully saturated rings. The van der Waals surface area contributed by atoms with Crippen molar-refractivity contribution in [2.24, 2.45) is 5.92 Å². The third-order valence-corrected chi connectivity index (χ3v) is 4.27. The van der Waals surface area contributed by atoms with Crippen LogP contribution in [-0.2, 0) is 4.79 Å². The van der Waals surface area contributed by atoms with E-state index in [9.17, 15) is 9.90 Å². The summed E-state index contributed by atoms with van der Waals surface area (Å²) in [5, 5.41) is 9.73. The van der Waals surface area contributed by atoms with Gasteiger partial charge in [-0.1, -0.05) is 33.6 Å². The number of aliphatic carboxylic acids is 1. The zero-order chi connectivity index (χ0) is 10.8. The first kappa shape index (κ1) is 11.9. The SMILES string of the molecule is CC1CCCC(SC(C)C)(C(=O)O)C1. The minimum atomic E-state index is -0.609. The van der Waals surface area contributed by atoms with Crippen LogP contribution < -0.4 is 0 Å². The van der Waals surface area contributed by atoms with Crippen LogP contribution in [0.25, 0.3) is 0 Å². The summed E-state index contributed by atoms with van der Waals surface area (Å²) < 4.78 is -0.494. The summed E-state index contributed by atoms with van der Waals surface area (Å²) in [6.45, 7) is 6.32. The van der Waals surface area contributed by atoms with E-state index >= 15 is 0 Å². The summed E-state index contributed by atoms with van der Waals surface area (Å²) in [7, 11) is 0. The maximum atomic E-state index is 11.3. The summed E-state index contributed by atoms with van der Waals surface area (Å²) in [6.07, 6.45) is 3.93. The third-order valence-electron chi connectivity index (χ3n) is 2.81. The molecule has 0 bridgehead atoms. The van der Waals surface area contributed by atoms with Crippen molar-refractivity contribution in [3.63, 3.8) is 0 Å². The first-order valence-electron chi connectivity index (χ1n) is 5.37. The van der Waals surface area contributed by atoms with Gasteiger partial charge in [-0.05, 0) is 18.8 Å². The van der Waals surface area contributed by atoms with Crippen LogP contribution in [0.4, 0.5) is 0 Å². The van der Waals surface area contributed by atoms with Crippen LogP contribution in [0, 0.1) is 5.92 Å². The molecule has 1 rings (SSSR count). The second-order valence-electron chi connectivity index (χ2n) is 4.67. The Kier molecular flexibility index (Phi) is 3.87. The molecule has 2 atom stereocenters. The van der Waals surface area contributed by atoms with Crippen LogP contribution in [0.3, 0.4) is 0 Å². The van der Waals surface area contributed by atoms with Crippen molar-refractivity contribution >= 4 is 17.7 Å². The Morgan fingerprint density at radius 2 is 2.21 bits per heavy atom. The highest BCUT2D eigenvalue weighted by atomic mass is 32.2. The molecular formula is C11H20O2S. The zero-order valence-electron chi connectivity index (χ0n) is 9.25. The number of rotatable bonds is 3. The van der Waals surface area contributed by atoms with E-state index in [0.29, 0.717) is 11.2 Å². The van der Waals surface area contributed by atoms with E-state index in [0.717, 1.165) is 19.3 Å². The fourth-order valence-electron chi connectivity index (χ4n) is 2.31. The molecule has 0 aromatic carbocycles. The second-order valence-corrected chi connectivity index (χ2v) is 6.63. The van der Waals surface area contributed by atoms with Gasteiger partial charge in [0.25, 0.3) is 0 Å². The Morgan fingerprint density at radius 3 is 2.64 bits per heavy atom. The van der Waals surface area contributed by atoms with E-state index in [1.165, 1.54) is 6.42 Å². The van der Waals surface area contributed by atoms with Crippen molar-refractivity contribution in [1.82, 2.24) is 0 Å². The number of carboxylic acids is 1. The van der Waals surface area contributed by atoms with Crippen molar-refractivity contribution in [2.75, 3.05) is 0 Å². The van der Waals surface area contributed by atoms with E-state index in [4.69, 9.17) is 0 Å². The average Bonchev–Trinajstić information content (AvgIpc) is 2.02. The maximum absolute atomic E-state index is 11.3. The van der Waals surface area contributed by atoms with Crippen LogP contribution in [0.2, 0.25) is 0 Å². The molecule has 0 amide bonds. The molecule has 0 heterocycles. The molecule has 0 saturated heterocycles. The van der Waals surface area contributed by atoms with Gasteiger partial charge in [-0.2, -0.15) is 0 Å². The molecule has 0 aliphatic heterocycles. The normalized spacial score (nSPS) is 33.3. The number of carboxylic acid groups (broad SMARTS) is 1.